The van der Waals surface area contributed by atoms with Gasteiger partial charge in [0, 0.05) is 48.0 Å². The third-order valence-corrected chi connectivity index (χ3v) is 13.4. The van der Waals surface area contributed by atoms with Gasteiger partial charge in [-0.1, -0.05) is 92.7 Å². The highest BCUT2D eigenvalue weighted by Gasteiger charge is 2.56. The van der Waals surface area contributed by atoms with Crippen LogP contribution < -0.4 is 0 Å². The van der Waals surface area contributed by atoms with E-state index in [1.165, 1.54) is 39.8 Å². The normalized spacial score (nSPS) is 45.1. The van der Waals surface area contributed by atoms with Crippen molar-refractivity contribution in [1.82, 2.24) is 0 Å². The molecule has 5 N–H and O–H groups in total. The summed E-state index contributed by atoms with van der Waals surface area (Å²) in [6.07, 6.45) is 9.62. The number of ketones is 2. The van der Waals surface area contributed by atoms with Gasteiger partial charge in [-0.25, -0.2) is 4.79 Å². The maximum Gasteiger partial charge on any atom is 0.330 e. The lowest BCUT2D eigenvalue weighted by Gasteiger charge is -2.55. The molecule has 1 spiro atoms. The molecule has 11 heteroatoms. The maximum absolute atomic E-state index is 13.5. The zero-order valence-electron chi connectivity index (χ0n) is 35.8. The van der Waals surface area contributed by atoms with E-state index in [0.717, 1.165) is 19.3 Å². The van der Waals surface area contributed by atoms with Gasteiger partial charge < -0.3 is 39.7 Å². The van der Waals surface area contributed by atoms with Crippen LogP contribution in [0.2, 0.25) is 0 Å². The predicted molar refractivity (Wildman–Crippen MR) is 215 cm³/mol. The van der Waals surface area contributed by atoms with Gasteiger partial charge >= 0.3 is 5.97 Å². The van der Waals surface area contributed by atoms with E-state index in [1.807, 2.05) is 32.1 Å². The summed E-state index contributed by atoms with van der Waals surface area (Å²) in [5, 5.41) is 55.0. The summed E-state index contributed by atoms with van der Waals surface area (Å²) in [4.78, 5) is 40.5. The van der Waals surface area contributed by atoms with Crippen molar-refractivity contribution in [3.05, 3.63) is 36.5 Å². The Bertz CT molecular complexity index is 1390. The van der Waals surface area contributed by atoms with E-state index in [9.17, 15) is 39.9 Å². The molecule has 0 aromatic heterocycles. The van der Waals surface area contributed by atoms with Crippen LogP contribution in [-0.2, 0) is 28.6 Å². The molecule has 0 amide bonds. The fraction of sp³-hybridized carbons (Fsp3) is 0.800. The summed E-state index contributed by atoms with van der Waals surface area (Å²) in [5.41, 5.74) is -2.18. The van der Waals surface area contributed by atoms with Crippen molar-refractivity contribution < 1.29 is 54.1 Å². The largest absolute Gasteiger partial charge is 0.458 e. The lowest BCUT2D eigenvalue weighted by Crippen LogP contribution is -2.62. The number of aliphatic hydroxyl groups is 5. The lowest BCUT2D eigenvalue weighted by molar-refractivity contribution is -0.371. The van der Waals surface area contributed by atoms with Crippen LogP contribution in [0.5, 0.6) is 0 Å². The molecule has 3 rings (SSSR count). The summed E-state index contributed by atoms with van der Waals surface area (Å²) in [6, 6.07) is 0. The van der Waals surface area contributed by atoms with Crippen molar-refractivity contribution in [2.24, 2.45) is 53.3 Å². The second-order valence-corrected chi connectivity index (χ2v) is 18.0. The Hall–Kier alpha value is -2.25. The van der Waals surface area contributed by atoms with E-state index in [0.29, 0.717) is 25.7 Å². The first-order valence-electron chi connectivity index (χ1n) is 21.2. The smallest absolute Gasteiger partial charge is 0.330 e. The third kappa shape index (κ3) is 11.5. The minimum Gasteiger partial charge on any atom is -0.458 e. The average molecular weight is 791 g/mol. The molecular weight excluding hydrogens is 716 g/mol. The van der Waals surface area contributed by atoms with Crippen LogP contribution >= 0.6 is 0 Å². The van der Waals surface area contributed by atoms with Gasteiger partial charge in [-0.2, -0.15) is 0 Å². The highest BCUT2D eigenvalue weighted by molar-refractivity contribution is 5.91. The van der Waals surface area contributed by atoms with Crippen molar-refractivity contribution in [3.63, 3.8) is 0 Å². The SMILES string of the molecule is CC[C@@H]1C=CC=CC[C@H](C)C(O)[C@](C)(O)C(=O)[C@H](C)[C@@H](O)[C@H](C)C(=O)[C@H](C)[C@@H](O)[C@H](C)C=CC(=O)O[C@H]2[C@@H](C)[C@@H](CC1)O[C@@]1(CC[C@@H](C)[C@@H](C[C@H](C)O)O1)[C@@H]2C. The fourth-order valence-electron chi connectivity index (χ4n) is 9.01. The average Bonchev–Trinajstić information content (AvgIpc) is 3.16. The first kappa shape index (κ1) is 48.1. The van der Waals surface area contributed by atoms with E-state index in [2.05, 4.69) is 19.9 Å². The number of hydrogen-bond donors (Lipinski definition) is 5. The summed E-state index contributed by atoms with van der Waals surface area (Å²) in [7, 11) is 0. The van der Waals surface area contributed by atoms with Gasteiger partial charge in [0.1, 0.15) is 17.5 Å². The Morgan fingerprint density at radius 1 is 0.839 bits per heavy atom. The van der Waals surface area contributed by atoms with Crippen LogP contribution in [0.15, 0.2) is 36.5 Å². The highest BCUT2D eigenvalue weighted by atomic mass is 16.7. The molecule has 3 heterocycles. The maximum atomic E-state index is 13.5. The molecule has 56 heavy (non-hydrogen) atoms. The second-order valence-electron chi connectivity index (χ2n) is 18.0. The number of carbonyl (C=O) groups is 3. The van der Waals surface area contributed by atoms with Crippen molar-refractivity contribution in [3.8, 4) is 0 Å². The van der Waals surface area contributed by atoms with Crippen LogP contribution in [-0.4, -0.2) is 97.2 Å². The molecule has 0 saturated carbocycles. The Morgan fingerprint density at radius 3 is 2.11 bits per heavy atom. The van der Waals surface area contributed by atoms with E-state index in [-0.39, 0.29) is 35.9 Å². The highest BCUT2D eigenvalue weighted by Crippen LogP contribution is 2.49. The number of aliphatic hydroxyl groups excluding tert-OH is 4. The Morgan fingerprint density at radius 2 is 1.48 bits per heavy atom. The minimum atomic E-state index is -2.18. The lowest BCUT2D eigenvalue weighted by atomic mass is 9.74. The zero-order chi connectivity index (χ0) is 42.3. The predicted octanol–water partition coefficient (Wildman–Crippen LogP) is 5.88. The number of allylic oxidation sites excluding steroid dienone is 4. The van der Waals surface area contributed by atoms with Gasteiger partial charge in [0.2, 0.25) is 0 Å². The molecular formula is C45H74O11. The second kappa shape index (κ2) is 20.6. The van der Waals surface area contributed by atoms with Crippen molar-refractivity contribution in [2.45, 2.75) is 175 Å². The monoisotopic (exact) mass is 791 g/mol. The Labute approximate surface area is 336 Å². The summed E-state index contributed by atoms with van der Waals surface area (Å²) in [5.74, 6) is -7.28. The van der Waals surface area contributed by atoms with E-state index in [1.54, 1.807) is 20.8 Å². The number of hydrogen-bond acceptors (Lipinski definition) is 11. The standard InChI is InChI=1S/C45H74O11/c1-12-34-17-15-13-14-16-27(4)42(51)44(11,53)43(52)32(9)40(50)31(8)39(49)30(7)38(48)26(3)18-21-37(47)54-41-29(6)35(20-19-34)55-45(33(41)10)23-22-25(2)36(56-45)24-28(5)46/h13-15,17-18,21,25-36,38,40-42,46,48,50-51,53H,12,16,19-20,22-24H2,1-11H3/t25-,26-,27+,28+,29+,30-,31-,32-,33-,34-,35-,36-,38+,40+,41+,42?,44+,45-/m1/s1. The molecule has 11 nitrogen and oxygen atoms in total. The van der Waals surface area contributed by atoms with Crippen LogP contribution in [0.3, 0.4) is 0 Å². The number of carbonyl (C=O) groups excluding carboxylic acids is 3. The third-order valence-electron chi connectivity index (χ3n) is 13.4. The summed E-state index contributed by atoms with van der Waals surface area (Å²) in [6.45, 7) is 19.1. The molecule has 0 aromatic carbocycles. The van der Waals surface area contributed by atoms with Crippen LogP contribution in [0, 0.1) is 53.3 Å². The first-order valence-corrected chi connectivity index (χ1v) is 21.2. The van der Waals surface area contributed by atoms with Crippen LogP contribution in [0.1, 0.15) is 121 Å². The van der Waals surface area contributed by atoms with Crippen LogP contribution in [0.25, 0.3) is 0 Å². The van der Waals surface area contributed by atoms with Gasteiger partial charge in [-0.3, -0.25) is 9.59 Å². The van der Waals surface area contributed by atoms with E-state index in [4.69, 9.17) is 14.2 Å². The number of rotatable bonds is 3. The molecule has 0 radical (unpaired) electrons. The molecule has 3 aliphatic rings. The minimum absolute atomic E-state index is 0.168. The zero-order valence-corrected chi connectivity index (χ0v) is 35.8. The molecule has 18 atom stereocenters. The van der Waals surface area contributed by atoms with Gasteiger partial charge in [0.15, 0.2) is 11.6 Å². The molecule has 320 valence electrons. The van der Waals surface area contributed by atoms with Crippen molar-refractivity contribution >= 4 is 17.5 Å². The molecule has 2 bridgehead atoms. The molecule has 2 saturated heterocycles. The fourth-order valence-corrected chi connectivity index (χ4v) is 9.01. The molecule has 2 fully saturated rings. The van der Waals surface area contributed by atoms with Crippen molar-refractivity contribution in [2.75, 3.05) is 0 Å². The van der Waals surface area contributed by atoms with E-state index >= 15 is 0 Å². The number of esters is 1. The number of Topliss-reactive ketones (excluding diaryl/α,β-unsaturated/α-hetero) is 2. The number of ether oxygens (including phenoxy) is 3. The first-order chi connectivity index (χ1) is 26.1. The van der Waals surface area contributed by atoms with Gasteiger partial charge in [0.25, 0.3) is 0 Å². The van der Waals surface area contributed by atoms with Crippen LogP contribution in [0.4, 0.5) is 0 Å². The van der Waals surface area contributed by atoms with Crippen molar-refractivity contribution in [1.29, 1.82) is 0 Å². The van der Waals surface area contributed by atoms with Gasteiger partial charge in [-0.15, -0.1) is 0 Å². The molecule has 0 aliphatic carbocycles. The topological polar surface area (TPSA) is 180 Å². The Balaban J connectivity index is 1.99. The van der Waals surface area contributed by atoms with E-state index < -0.39 is 89.0 Å². The van der Waals surface area contributed by atoms with Gasteiger partial charge in [0.05, 0.1) is 36.6 Å². The quantitative estimate of drug-likeness (QED) is 0.216. The summed E-state index contributed by atoms with van der Waals surface area (Å²) >= 11 is 0. The molecule has 1 unspecified atom stereocenters. The summed E-state index contributed by atoms with van der Waals surface area (Å²) < 4.78 is 20.0. The molecule has 3 aliphatic heterocycles. The molecule has 0 aromatic rings. The van der Waals surface area contributed by atoms with Gasteiger partial charge in [-0.05, 0) is 70.1 Å². The Kier molecular flexibility index (Phi) is 17.7. The number of fused-ring (bicyclic) bond motifs is 2.